The van der Waals surface area contributed by atoms with Crippen molar-refractivity contribution in [3.63, 3.8) is 0 Å². The molecule has 0 aromatic heterocycles. The molecule has 3 amide bonds. The quantitative estimate of drug-likeness (QED) is 0.497. The van der Waals surface area contributed by atoms with Gasteiger partial charge in [0.1, 0.15) is 6.61 Å². The van der Waals surface area contributed by atoms with Gasteiger partial charge < -0.3 is 19.2 Å². The summed E-state index contributed by atoms with van der Waals surface area (Å²) in [4.78, 5) is 57.2. The Morgan fingerprint density at radius 3 is 1.81 bits per heavy atom. The molecule has 0 unspecified atom stereocenters. The van der Waals surface area contributed by atoms with Gasteiger partial charge in [0.25, 0.3) is 11.8 Å². The van der Waals surface area contributed by atoms with Crippen molar-refractivity contribution in [2.24, 2.45) is 0 Å². The summed E-state index contributed by atoms with van der Waals surface area (Å²) in [6, 6.07) is 22.3. The van der Waals surface area contributed by atoms with Crippen LogP contribution in [0.5, 0.6) is 0 Å². The molecule has 9 heteroatoms. The fraction of sp³-hybridized carbons (Fsp3) is 0.214. The Morgan fingerprint density at radius 2 is 1.30 bits per heavy atom. The molecule has 1 fully saturated rings. The molecular weight excluding hydrogens is 476 g/mol. The Morgan fingerprint density at radius 1 is 0.811 bits per heavy atom. The average molecular weight is 498 g/mol. The highest BCUT2D eigenvalue weighted by atomic mass is 16.7. The monoisotopic (exact) mass is 498 g/mol. The van der Waals surface area contributed by atoms with Crippen molar-refractivity contribution in [1.82, 2.24) is 9.96 Å². The number of hydrogen-bond donors (Lipinski definition) is 0. The van der Waals surface area contributed by atoms with Crippen molar-refractivity contribution in [2.45, 2.75) is 11.5 Å². The largest absolute Gasteiger partial charge is 0.448 e. The zero-order chi connectivity index (χ0) is 25.7. The third kappa shape index (κ3) is 3.50. The van der Waals surface area contributed by atoms with Crippen LogP contribution in [0, 0.1) is 0 Å². The van der Waals surface area contributed by atoms with E-state index in [1.807, 2.05) is 36.4 Å². The lowest BCUT2D eigenvalue weighted by molar-refractivity contribution is -0.209. The molecule has 37 heavy (non-hydrogen) atoms. The van der Waals surface area contributed by atoms with Crippen molar-refractivity contribution in [2.75, 3.05) is 26.8 Å². The molecule has 1 saturated heterocycles. The van der Waals surface area contributed by atoms with Gasteiger partial charge in [-0.3, -0.25) is 9.59 Å². The molecule has 186 valence electrons. The van der Waals surface area contributed by atoms with Crippen molar-refractivity contribution >= 4 is 23.9 Å². The molecule has 9 nitrogen and oxygen atoms in total. The Kier molecular flexibility index (Phi) is 5.31. The number of amides is 3. The van der Waals surface area contributed by atoms with Crippen LogP contribution in [0.2, 0.25) is 0 Å². The Bertz CT molecular complexity index is 1380. The number of rotatable bonds is 5. The minimum atomic E-state index is -1.51. The first-order chi connectivity index (χ1) is 17.9. The number of methoxy groups -OCH3 is 1. The van der Waals surface area contributed by atoms with Gasteiger partial charge in [0, 0.05) is 13.0 Å². The van der Waals surface area contributed by atoms with E-state index in [2.05, 4.69) is 12.1 Å². The predicted molar refractivity (Wildman–Crippen MR) is 129 cm³/mol. The van der Waals surface area contributed by atoms with Crippen LogP contribution in [0.4, 0.5) is 4.79 Å². The molecule has 1 aliphatic carbocycles. The maximum atomic E-state index is 12.9. The van der Waals surface area contributed by atoms with E-state index in [-0.39, 0.29) is 36.7 Å². The highest BCUT2D eigenvalue weighted by Gasteiger charge is 2.56. The van der Waals surface area contributed by atoms with E-state index in [0.29, 0.717) is 5.06 Å². The normalized spacial score (nSPS) is 17.1. The van der Waals surface area contributed by atoms with Gasteiger partial charge in [-0.15, -0.1) is 0 Å². The minimum Gasteiger partial charge on any atom is -0.448 e. The van der Waals surface area contributed by atoms with Gasteiger partial charge in [0.05, 0.1) is 24.2 Å². The highest BCUT2D eigenvalue weighted by molar-refractivity contribution is 6.21. The Hall–Kier alpha value is -4.50. The third-order valence-corrected chi connectivity index (χ3v) is 7.18. The lowest BCUT2D eigenvalue weighted by Crippen LogP contribution is -2.69. The van der Waals surface area contributed by atoms with Gasteiger partial charge in [0.15, 0.2) is 0 Å². The summed E-state index contributed by atoms with van der Waals surface area (Å²) in [7, 11) is 1.30. The fourth-order valence-corrected chi connectivity index (χ4v) is 5.14. The zero-order valence-electron chi connectivity index (χ0n) is 19.9. The first-order valence-corrected chi connectivity index (χ1v) is 11.8. The number of carbonyl (C=O) groups is 4. The van der Waals surface area contributed by atoms with Crippen LogP contribution in [0.3, 0.4) is 0 Å². The molecule has 3 aliphatic rings. The SMILES string of the molecule is COC1(C(=O)ON2C(=O)c3ccccc3C2=O)CN(C(=O)OCC2c3ccccc3-c3ccccc32)C1. The fourth-order valence-electron chi connectivity index (χ4n) is 5.14. The van der Waals surface area contributed by atoms with Crippen molar-refractivity contribution in [3.8, 4) is 11.1 Å². The Balaban J connectivity index is 1.09. The molecular formula is C28H22N2O7. The predicted octanol–water partition coefficient (Wildman–Crippen LogP) is 3.39. The summed E-state index contributed by atoms with van der Waals surface area (Å²) in [6.07, 6.45) is -0.594. The number of fused-ring (bicyclic) bond motifs is 4. The van der Waals surface area contributed by atoms with Crippen LogP contribution < -0.4 is 0 Å². The van der Waals surface area contributed by atoms with Crippen LogP contribution in [-0.4, -0.2) is 66.2 Å². The van der Waals surface area contributed by atoms with Crippen LogP contribution in [0.25, 0.3) is 11.1 Å². The van der Waals surface area contributed by atoms with Crippen LogP contribution in [0.1, 0.15) is 37.8 Å². The summed E-state index contributed by atoms with van der Waals surface area (Å²) >= 11 is 0. The summed E-state index contributed by atoms with van der Waals surface area (Å²) in [5.74, 6) is -2.49. The number of hydrogen-bond acceptors (Lipinski definition) is 7. The van der Waals surface area contributed by atoms with Crippen LogP contribution in [-0.2, 0) is 19.1 Å². The second kappa shape index (κ2) is 8.56. The number of hydroxylamine groups is 2. The number of likely N-dealkylation sites (tertiary alicyclic amines) is 1. The zero-order valence-corrected chi connectivity index (χ0v) is 19.9. The number of carbonyl (C=O) groups excluding carboxylic acids is 4. The number of benzene rings is 3. The lowest BCUT2D eigenvalue weighted by atomic mass is 9.94. The van der Waals surface area contributed by atoms with E-state index in [4.69, 9.17) is 14.3 Å². The third-order valence-electron chi connectivity index (χ3n) is 7.18. The summed E-state index contributed by atoms with van der Waals surface area (Å²) < 4.78 is 11.0. The van der Waals surface area contributed by atoms with E-state index in [9.17, 15) is 19.2 Å². The average Bonchev–Trinajstić information content (AvgIpc) is 3.34. The van der Waals surface area contributed by atoms with Crippen LogP contribution >= 0.6 is 0 Å². The molecule has 6 rings (SSSR count). The molecule has 0 saturated carbocycles. The van der Waals surface area contributed by atoms with Gasteiger partial charge in [-0.1, -0.05) is 65.7 Å². The Labute approximate surface area is 212 Å². The number of ether oxygens (including phenoxy) is 2. The highest BCUT2D eigenvalue weighted by Crippen LogP contribution is 2.44. The molecule has 0 atom stereocenters. The minimum absolute atomic E-state index is 0.0939. The van der Waals surface area contributed by atoms with Gasteiger partial charge in [0.2, 0.25) is 5.60 Å². The summed E-state index contributed by atoms with van der Waals surface area (Å²) in [6.45, 7) is -0.132. The maximum Gasteiger partial charge on any atom is 0.410 e. The van der Waals surface area contributed by atoms with E-state index < -0.39 is 29.5 Å². The smallest absolute Gasteiger partial charge is 0.410 e. The van der Waals surface area contributed by atoms with E-state index in [1.54, 1.807) is 12.1 Å². The molecule has 3 aromatic rings. The first-order valence-electron chi connectivity index (χ1n) is 11.8. The molecule has 0 bridgehead atoms. The molecule has 0 spiro atoms. The van der Waals surface area contributed by atoms with Gasteiger partial charge >= 0.3 is 12.1 Å². The first kappa shape index (κ1) is 22.9. The second-order valence-corrected chi connectivity index (χ2v) is 9.19. The van der Waals surface area contributed by atoms with Crippen LogP contribution in [0.15, 0.2) is 72.8 Å². The van der Waals surface area contributed by atoms with Gasteiger partial charge in [-0.05, 0) is 34.4 Å². The second-order valence-electron chi connectivity index (χ2n) is 9.19. The standard InChI is InChI=1S/C28H22N2O7/c1-35-28(26(33)37-30-24(31)21-12-6-7-13-22(21)25(30)32)15-29(16-28)27(34)36-14-23-19-10-4-2-8-17(19)18-9-3-5-11-20(18)23/h2-13,23H,14-16H2,1H3. The van der Waals surface area contributed by atoms with E-state index >= 15 is 0 Å². The lowest BCUT2D eigenvalue weighted by Gasteiger charge is -2.45. The topological polar surface area (TPSA) is 102 Å². The summed E-state index contributed by atoms with van der Waals surface area (Å²) in [5, 5.41) is 0.434. The van der Waals surface area contributed by atoms with E-state index in [0.717, 1.165) is 22.3 Å². The van der Waals surface area contributed by atoms with Gasteiger partial charge in [-0.2, -0.15) is 0 Å². The molecule has 2 aliphatic heterocycles. The molecule has 3 aromatic carbocycles. The van der Waals surface area contributed by atoms with Crippen molar-refractivity contribution in [1.29, 1.82) is 0 Å². The number of nitrogens with zero attached hydrogens (tertiary/aromatic N) is 2. The molecule has 2 heterocycles. The number of imide groups is 1. The van der Waals surface area contributed by atoms with Crippen molar-refractivity contribution < 1.29 is 33.5 Å². The maximum absolute atomic E-state index is 12.9. The van der Waals surface area contributed by atoms with Gasteiger partial charge in [-0.25, -0.2) is 9.59 Å². The molecule has 0 radical (unpaired) electrons. The van der Waals surface area contributed by atoms with E-state index in [1.165, 1.54) is 24.1 Å². The molecule has 0 N–H and O–H groups in total. The van der Waals surface area contributed by atoms with Crippen molar-refractivity contribution in [3.05, 3.63) is 95.1 Å². The summed E-state index contributed by atoms with van der Waals surface area (Å²) in [5.41, 5.74) is 3.23.